The van der Waals surface area contributed by atoms with E-state index in [0.717, 1.165) is 0 Å². The molecule has 0 spiro atoms. The van der Waals surface area contributed by atoms with Crippen molar-refractivity contribution in [2.75, 3.05) is 0 Å². The predicted octanol–water partition coefficient (Wildman–Crippen LogP) is -1.79. The zero-order valence-electron chi connectivity index (χ0n) is 9.59. The smallest absolute Gasteiger partial charge is 0.550 e. The van der Waals surface area contributed by atoms with E-state index >= 15 is 0 Å². The van der Waals surface area contributed by atoms with Crippen LogP contribution in [0.4, 0.5) is 0 Å². The van der Waals surface area contributed by atoms with Gasteiger partial charge in [-0.3, -0.25) is 0 Å². The van der Waals surface area contributed by atoms with Crippen LogP contribution in [0.2, 0.25) is 0 Å². The summed E-state index contributed by atoms with van der Waals surface area (Å²) in [6, 6.07) is 0. The van der Waals surface area contributed by atoms with Crippen molar-refractivity contribution in [3.8, 4) is 0 Å². The topological polar surface area (TPSA) is 114 Å². The molecule has 0 atom stereocenters. The fraction of sp³-hybridized carbons (Fsp3) is 0.600. The number of carbonyl (C=O) groups excluding carboxylic acids is 4. The summed E-state index contributed by atoms with van der Waals surface area (Å²) in [5.41, 5.74) is 0. The van der Waals surface area contributed by atoms with Gasteiger partial charge in [0.15, 0.2) is 0 Å². The Kier molecular flexibility index (Phi) is 15.9. The van der Waals surface area contributed by atoms with Gasteiger partial charge in [0.25, 0.3) is 0 Å². The first kappa shape index (κ1) is 21.1. The SMILES string of the molecule is CC(=O)CCC(=O)[O-].CC(=O)CCC(=O)[O-].[Ni+2]. The Morgan fingerprint density at radius 1 is 0.706 bits per heavy atom. The maximum absolute atomic E-state index is 10.1. The van der Waals surface area contributed by atoms with E-state index in [2.05, 4.69) is 0 Å². The molecule has 0 rings (SSSR count). The first-order valence-electron chi connectivity index (χ1n) is 4.64. The Balaban J connectivity index is -0.000000218. The summed E-state index contributed by atoms with van der Waals surface area (Å²) in [6.07, 6.45) is -0.144. The molecule has 0 amide bonds. The van der Waals surface area contributed by atoms with Crippen LogP contribution in [-0.2, 0) is 35.7 Å². The molecule has 0 fully saturated rings. The molecule has 0 aromatic rings. The van der Waals surface area contributed by atoms with Crippen LogP contribution >= 0.6 is 0 Å². The summed E-state index contributed by atoms with van der Waals surface area (Å²) in [7, 11) is 0. The van der Waals surface area contributed by atoms with Crippen molar-refractivity contribution in [3.63, 3.8) is 0 Å². The van der Waals surface area contributed by atoms with E-state index in [1.54, 1.807) is 0 Å². The van der Waals surface area contributed by atoms with Gasteiger partial charge in [0.1, 0.15) is 11.6 Å². The van der Waals surface area contributed by atoms with Crippen LogP contribution in [0.25, 0.3) is 0 Å². The second-order valence-electron chi connectivity index (χ2n) is 3.15. The first-order chi connectivity index (χ1) is 7.25. The minimum absolute atomic E-state index is 0. The number of carbonyl (C=O) groups is 4. The fourth-order valence-electron chi connectivity index (χ4n) is 0.556. The summed E-state index contributed by atoms with van der Waals surface area (Å²) < 4.78 is 0. The fourth-order valence-corrected chi connectivity index (χ4v) is 0.556. The van der Waals surface area contributed by atoms with E-state index in [0.29, 0.717) is 0 Å². The number of hydrogen-bond donors (Lipinski definition) is 0. The van der Waals surface area contributed by atoms with Gasteiger partial charge in [-0.25, -0.2) is 0 Å². The summed E-state index contributed by atoms with van der Waals surface area (Å²) in [5.74, 6) is -2.57. The molecule has 0 bridgehead atoms. The van der Waals surface area contributed by atoms with Crippen LogP contribution in [0.1, 0.15) is 39.5 Å². The molecule has 0 saturated carbocycles. The molecule has 0 aromatic heterocycles. The Bertz CT molecular complexity index is 218. The zero-order valence-corrected chi connectivity index (χ0v) is 10.6. The monoisotopic (exact) mass is 288 g/mol. The molecule has 100 valence electrons. The molecule has 0 aromatic carbocycles. The molecular formula is C10H14NiO6. The Hall–Kier alpha value is -1.23. The van der Waals surface area contributed by atoms with Crippen LogP contribution in [0.5, 0.6) is 0 Å². The largest absolute Gasteiger partial charge is 2.00 e. The van der Waals surface area contributed by atoms with Gasteiger partial charge in [-0.15, -0.1) is 0 Å². The van der Waals surface area contributed by atoms with Crippen LogP contribution < -0.4 is 10.2 Å². The minimum atomic E-state index is -1.17. The summed E-state index contributed by atoms with van der Waals surface area (Å²) >= 11 is 0. The second-order valence-corrected chi connectivity index (χ2v) is 3.15. The van der Waals surface area contributed by atoms with E-state index in [4.69, 9.17) is 0 Å². The van der Waals surface area contributed by atoms with E-state index in [1.165, 1.54) is 13.8 Å². The van der Waals surface area contributed by atoms with Gasteiger partial charge in [-0.05, 0) is 26.7 Å². The molecule has 0 unspecified atom stereocenters. The van der Waals surface area contributed by atoms with Crippen molar-refractivity contribution in [1.29, 1.82) is 0 Å². The van der Waals surface area contributed by atoms with Gasteiger partial charge in [-0.1, -0.05) is 0 Å². The molecule has 0 N–H and O–H groups in total. The second kappa shape index (κ2) is 12.8. The first-order valence-corrected chi connectivity index (χ1v) is 4.64. The zero-order chi connectivity index (χ0) is 13.1. The molecule has 17 heavy (non-hydrogen) atoms. The molecule has 0 saturated heterocycles. The standard InChI is InChI=1S/2C5H8O3.Ni/c2*1-4(6)2-3-5(7)8;/h2*2-3H2,1H3,(H,7,8);/q;;+2/p-2. The van der Waals surface area contributed by atoms with Crippen molar-refractivity contribution in [2.45, 2.75) is 39.5 Å². The number of carboxylic acid groups (broad SMARTS) is 2. The normalized spacial score (nSPS) is 8.12. The number of Topliss-reactive ketones (excluding diaryl/α,β-unsaturated/α-hetero) is 2. The van der Waals surface area contributed by atoms with Gasteiger partial charge in [0, 0.05) is 24.8 Å². The molecule has 0 aliphatic rings. The molecule has 7 heteroatoms. The minimum Gasteiger partial charge on any atom is -0.550 e. The van der Waals surface area contributed by atoms with E-state index in [9.17, 15) is 29.4 Å². The van der Waals surface area contributed by atoms with Crippen molar-refractivity contribution in [2.24, 2.45) is 0 Å². The van der Waals surface area contributed by atoms with Gasteiger partial charge in [0.05, 0.1) is 0 Å². The number of rotatable bonds is 6. The third kappa shape index (κ3) is 31.3. The maximum Gasteiger partial charge on any atom is 2.00 e. The molecule has 0 aliphatic heterocycles. The number of ketones is 2. The van der Waals surface area contributed by atoms with Crippen LogP contribution in [0, 0.1) is 0 Å². The van der Waals surface area contributed by atoms with Crippen molar-refractivity contribution >= 4 is 23.5 Å². The Morgan fingerprint density at radius 2 is 0.941 bits per heavy atom. The third-order valence-corrected chi connectivity index (χ3v) is 1.36. The number of hydrogen-bond acceptors (Lipinski definition) is 6. The average Bonchev–Trinajstić information content (AvgIpc) is 2.12. The van der Waals surface area contributed by atoms with E-state index in [1.807, 2.05) is 0 Å². The summed E-state index contributed by atoms with van der Waals surface area (Å²) in [5, 5.41) is 19.3. The quantitative estimate of drug-likeness (QED) is 0.533. The third-order valence-electron chi connectivity index (χ3n) is 1.36. The summed E-state index contributed by atoms with van der Waals surface area (Å²) in [6.45, 7) is 2.70. The van der Waals surface area contributed by atoms with Crippen molar-refractivity contribution < 1.29 is 45.9 Å². The number of aliphatic carboxylic acids is 2. The molecule has 0 radical (unpaired) electrons. The Labute approximate surface area is 109 Å². The number of carboxylic acids is 2. The molecular weight excluding hydrogens is 275 g/mol. The van der Waals surface area contributed by atoms with Gasteiger partial charge in [-0.2, -0.15) is 0 Å². The van der Waals surface area contributed by atoms with E-state index in [-0.39, 0.29) is 53.7 Å². The van der Waals surface area contributed by atoms with Crippen LogP contribution in [0.3, 0.4) is 0 Å². The van der Waals surface area contributed by atoms with Crippen molar-refractivity contribution in [1.82, 2.24) is 0 Å². The average molecular weight is 289 g/mol. The van der Waals surface area contributed by atoms with Crippen molar-refractivity contribution in [3.05, 3.63) is 0 Å². The Morgan fingerprint density at radius 3 is 1.00 bits per heavy atom. The van der Waals surface area contributed by atoms with Gasteiger partial charge >= 0.3 is 16.5 Å². The summed E-state index contributed by atoms with van der Waals surface area (Å²) in [4.78, 5) is 39.4. The maximum atomic E-state index is 10.1. The molecule has 0 aliphatic carbocycles. The van der Waals surface area contributed by atoms with E-state index < -0.39 is 11.9 Å². The molecule has 0 heterocycles. The van der Waals surface area contributed by atoms with Crippen LogP contribution in [0.15, 0.2) is 0 Å². The van der Waals surface area contributed by atoms with Gasteiger partial charge < -0.3 is 29.4 Å². The van der Waals surface area contributed by atoms with Crippen LogP contribution in [-0.4, -0.2) is 23.5 Å². The predicted molar refractivity (Wildman–Crippen MR) is 49.8 cm³/mol. The van der Waals surface area contributed by atoms with Gasteiger partial charge in [0.2, 0.25) is 0 Å². The molecule has 6 nitrogen and oxygen atoms in total.